The van der Waals surface area contributed by atoms with E-state index < -0.39 is 0 Å². The van der Waals surface area contributed by atoms with E-state index in [9.17, 15) is 14.0 Å². The molecule has 2 aromatic carbocycles. The van der Waals surface area contributed by atoms with Crippen molar-refractivity contribution >= 4 is 17.5 Å². The molecule has 0 unspecified atom stereocenters. The summed E-state index contributed by atoms with van der Waals surface area (Å²) < 4.78 is 13.6. The third kappa shape index (κ3) is 5.64. The molecular formula is C22H27FN2O2. The largest absolute Gasteiger partial charge is 0.354 e. The minimum atomic E-state index is -0.281. The first-order valence-corrected chi connectivity index (χ1v) is 9.08. The molecule has 0 spiro atoms. The standard InChI is InChI=1S/C22H27FN2O2/c1-16(26)25(20-12-8-6-10-18(20)22(2,3)4)15-21(27)24-14-13-17-9-5-7-11-19(17)23/h5-12H,13-15H2,1-4H3,(H,24,27). The molecule has 27 heavy (non-hydrogen) atoms. The predicted molar refractivity (Wildman–Crippen MR) is 106 cm³/mol. The second-order valence-electron chi connectivity index (χ2n) is 7.56. The Hall–Kier alpha value is -2.69. The quantitative estimate of drug-likeness (QED) is 0.840. The number of halogens is 1. The van der Waals surface area contributed by atoms with E-state index in [1.54, 1.807) is 18.2 Å². The van der Waals surface area contributed by atoms with E-state index in [1.807, 2.05) is 24.3 Å². The minimum Gasteiger partial charge on any atom is -0.354 e. The maximum Gasteiger partial charge on any atom is 0.240 e. The molecule has 0 saturated heterocycles. The molecule has 0 aliphatic carbocycles. The van der Waals surface area contributed by atoms with Gasteiger partial charge < -0.3 is 10.2 Å². The number of anilines is 1. The summed E-state index contributed by atoms with van der Waals surface area (Å²) in [6, 6.07) is 14.1. The summed E-state index contributed by atoms with van der Waals surface area (Å²) in [5.74, 6) is -0.752. The lowest BCUT2D eigenvalue weighted by atomic mass is 9.85. The van der Waals surface area contributed by atoms with Crippen LogP contribution in [0, 0.1) is 5.82 Å². The monoisotopic (exact) mass is 370 g/mol. The maximum absolute atomic E-state index is 13.6. The lowest BCUT2D eigenvalue weighted by Gasteiger charge is -2.29. The molecule has 4 nitrogen and oxygen atoms in total. The summed E-state index contributed by atoms with van der Waals surface area (Å²) in [6.07, 6.45) is 0.400. The third-order valence-corrected chi connectivity index (χ3v) is 4.36. The highest BCUT2D eigenvalue weighted by Gasteiger charge is 2.24. The van der Waals surface area contributed by atoms with E-state index in [4.69, 9.17) is 0 Å². The molecule has 0 bridgehead atoms. The van der Waals surface area contributed by atoms with Crippen LogP contribution < -0.4 is 10.2 Å². The van der Waals surface area contributed by atoms with Crippen LogP contribution in [-0.2, 0) is 21.4 Å². The number of para-hydroxylation sites is 1. The zero-order chi connectivity index (χ0) is 20.0. The first kappa shape index (κ1) is 20.6. The zero-order valence-electron chi connectivity index (χ0n) is 16.4. The fourth-order valence-corrected chi connectivity index (χ4v) is 2.95. The van der Waals surface area contributed by atoms with Crippen LogP contribution in [0.25, 0.3) is 0 Å². The molecule has 2 aromatic rings. The first-order chi connectivity index (χ1) is 12.7. The van der Waals surface area contributed by atoms with E-state index in [0.717, 1.165) is 11.3 Å². The van der Waals surface area contributed by atoms with Crippen LogP contribution in [-0.4, -0.2) is 24.9 Å². The summed E-state index contributed by atoms with van der Waals surface area (Å²) in [5, 5.41) is 2.77. The Balaban J connectivity index is 2.06. The first-order valence-electron chi connectivity index (χ1n) is 9.08. The Labute approximate surface area is 160 Å². The third-order valence-electron chi connectivity index (χ3n) is 4.36. The van der Waals surface area contributed by atoms with Crippen molar-refractivity contribution in [2.75, 3.05) is 18.0 Å². The smallest absolute Gasteiger partial charge is 0.240 e. The van der Waals surface area contributed by atoms with Crippen LogP contribution in [0.5, 0.6) is 0 Å². The van der Waals surface area contributed by atoms with Crippen LogP contribution in [0.4, 0.5) is 10.1 Å². The van der Waals surface area contributed by atoms with Gasteiger partial charge in [0.1, 0.15) is 12.4 Å². The SMILES string of the molecule is CC(=O)N(CC(=O)NCCc1ccccc1F)c1ccccc1C(C)(C)C. The molecule has 0 aliphatic rings. The second-order valence-corrected chi connectivity index (χ2v) is 7.56. The van der Waals surface area contributed by atoms with Crippen LogP contribution in [0.2, 0.25) is 0 Å². The van der Waals surface area contributed by atoms with Crippen molar-refractivity contribution in [3.63, 3.8) is 0 Å². The van der Waals surface area contributed by atoms with Crippen LogP contribution in [0.1, 0.15) is 38.8 Å². The molecule has 0 heterocycles. The molecule has 0 radical (unpaired) electrons. The number of hydrogen-bond acceptors (Lipinski definition) is 2. The molecule has 2 amide bonds. The van der Waals surface area contributed by atoms with Gasteiger partial charge in [0.25, 0.3) is 0 Å². The van der Waals surface area contributed by atoms with Crippen molar-refractivity contribution in [2.24, 2.45) is 0 Å². The van der Waals surface area contributed by atoms with E-state index in [1.165, 1.54) is 17.9 Å². The topological polar surface area (TPSA) is 49.4 Å². The number of benzene rings is 2. The Bertz CT molecular complexity index is 812. The lowest BCUT2D eigenvalue weighted by molar-refractivity contribution is -0.123. The molecule has 144 valence electrons. The second kappa shape index (κ2) is 8.80. The molecule has 0 saturated carbocycles. The number of amides is 2. The van der Waals surface area contributed by atoms with Gasteiger partial charge in [-0.25, -0.2) is 4.39 Å². The van der Waals surface area contributed by atoms with Crippen LogP contribution in [0.15, 0.2) is 48.5 Å². The summed E-state index contributed by atoms with van der Waals surface area (Å²) in [6.45, 7) is 7.90. The summed E-state index contributed by atoms with van der Waals surface area (Å²) in [4.78, 5) is 26.0. The van der Waals surface area contributed by atoms with Gasteiger partial charge in [-0.2, -0.15) is 0 Å². The number of rotatable bonds is 6. The average molecular weight is 370 g/mol. The Morgan fingerprint density at radius 1 is 1.04 bits per heavy atom. The van der Waals surface area contributed by atoms with Gasteiger partial charge in [0.05, 0.1) is 0 Å². The zero-order valence-corrected chi connectivity index (χ0v) is 16.4. The molecule has 5 heteroatoms. The molecule has 0 aliphatic heterocycles. The van der Waals surface area contributed by atoms with Crippen molar-refractivity contribution in [1.29, 1.82) is 0 Å². The molecule has 2 rings (SSSR count). The van der Waals surface area contributed by atoms with Gasteiger partial charge in [-0.15, -0.1) is 0 Å². The van der Waals surface area contributed by atoms with Crippen molar-refractivity contribution in [1.82, 2.24) is 5.32 Å². The van der Waals surface area contributed by atoms with Gasteiger partial charge >= 0.3 is 0 Å². The normalized spacial score (nSPS) is 11.1. The van der Waals surface area contributed by atoms with Gasteiger partial charge in [-0.1, -0.05) is 57.2 Å². The van der Waals surface area contributed by atoms with E-state index in [-0.39, 0.29) is 29.6 Å². The van der Waals surface area contributed by atoms with Gasteiger partial charge in [0, 0.05) is 19.2 Å². The Kier molecular flexibility index (Phi) is 6.72. The number of hydrogen-bond donors (Lipinski definition) is 1. The summed E-state index contributed by atoms with van der Waals surface area (Å²) in [5.41, 5.74) is 2.13. The molecular weight excluding hydrogens is 343 g/mol. The van der Waals surface area contributed by atoms with Gasteiger partial charge in [0.2, 0.25) is 11.8 Å². The molecule has 0 atom stereocenters. The molecule has 0 aromatic heterocycles. The molecule has 1 N–H and O–H groups in total. The number of nitrogens with one attached hydrogen (secondary N) is 1. The highest BCUT2D eigenvalue weighted by atomic mass is 19.1. The Morgan fingerprint density at radius 3 is 2.30 bits per heavy atom. The highest BCUT2D eigenvalue weighted by molar-refractivity contribution is 5.98. The van der Waals surface area contributed by atoms with Gasteiger partial charge in [-0.05, 0) is 35.1 Å². The maximum atomic E-state index is 13.6. The van der Waals surface area contributed by atoms with Gasteiger partial charge in [-0.3, -0.25) is 9.59 Å². The molecule has 0 fully saturated rings. The van der Waals surface area contributed by atoms with Crippen LogP contribution in [0.3, 0.4) is 0 Å². The fraction of sp³-hybridized carbons (Fsp3) is 0.364. The summed E-state index contributed by atoms with van der Waals surface area (Å²) >= 11 is 0. The van der Waals surface area contributed by atoms with Crippen molar-refractivity contribution < 1.29 is 14.0 Å². The van der Waals surface area contributed by atoms with Crippen molar-refractivity contribution in [2.45, 2.75) is 39.5 Å². The van der Waals surface area contributed by atoms with Crippen molar-refractivity contribution in [3.8, 4) is 0 Å². The number of nitrogens with zero attached hydrogens (tertiary/aromatic N) is 1. The predicted octanol–water partition coefficient (Wildman–Crippen LogP) is 3.84. The fourth-order valence-electron chi connectivity index (χ4n) is 2.95. The minimum absolute atomic E-state index is 0.0697. The average Bonchev–Trinajstić information content (AvgIpc) is 2.60. The van der Waals surface area contributed by atoms with E-state index >= 15 is 0 Å². The van der Waals surface area contributed by atoms with E-state index in [0.29, 0.717) is 18.5 Å². The Morgan fingerprint density at radius 2 is 1.67 bits per heavy atom. The summed E-state index contributed by atoms with van der Waals surface area (Å²) in [7, 11) is 0. The lowest BCUT2D eigenvalue weighted by Crippen LogP contribution is -2.41. The van der Waals surface area contributed by atoms with Crippen molar-refractivity contribution in [3.05, 3.63) is 65.5 Å². The number of carbonyl (C=O) groups is 2. The van der Waals surface area contributed by atoms with Crippen LogP contribution >= 0.6 is 0 Å². The van der Waals surface area contributed by atoms with E-state index in [2.05, 4.69) is 26.1 Å². The number of carbonyl (C=O) groups excluding carboxylic acids is 2. The highest BCUT2D eigenvalue weighted by Crippen LogP contribution is 2.31. The van der Waals surface area contributed by atoms with Gasteiger partial charge in [0.15, 0.2) is 0 Å².